The van der Waals surface area contributed by atoms with Crippen molar-refractivity contribution in [2.75, 3.05) is 25.4 Å². The SMILES string of the molecule is CC.CCCCCS(=O)(=O)c1ccc(-c2ccc(CCN3CCCC3)cc2)cc1. The zero-order valence-electron chi connectivity index (χ0n) is 18.4. The van der Waals surface area contributed by atoms with E-state index in [1.165, 1.54) is 31.5 Å². The summed E-state index contributed by atoms with van der Waals surface area (Å²) in [7, 11) is -3.16. The normalized spacial score (nSPS) is 14.4. The molecule has 1 fully saturated rings. The van der Waals surface area contributed by atoms with Gasteiger partial charge in [0.2, 0.25) is 0 Å². The fourth-order valence-corrected chi connectivity index (χ4v) is 5.04. The molecule has 0 aliphatic carbocycles. The third-order valence-corrected chi connectivity index (χ3v) is 7.25. The smallest absolute Gasteiger partial charge is 0.178 e. The average Bonchev–Trinajstić information content (AvgIpc) is 3.28. The van der Waals surface area contributed by atoms with Crippen LogP contribution in [0.25, 0.3) is 11.1 Å². The number of hydrogen-bond acceptors (Lipinski definition) is 3. The van der Waals surface area contributed by atoms with Crippen LogP contribution >= 0.6 is 0 Å². The lowest BCUT2D eigenvalue weighted by Gasteiger charge is -2.14. The van der Waals surface area contributed by atoms with E-state index in [-0.39, 0.29) is 5.75 Å². The molecule has 2 aromatic carbocycles. The molecule has 0 aromatic heterocycles. The van der Waals surface area contributed by atoms with Crippen molar-refractivity contribution in [3.05, 3.63) is 54.1 Å². The number of hydrogen-bond donors (Lipinski definition) is 0. The Balaban J connectivity index is 0.00000145. The van der Waals surface area contributed by atoms with Gasteiger partial charge in [0.15, 0.2) is 9.84 Å². The maximum absolute atomic E-state index is 12.4. The van der Waals surface area contributed by atoms with E-state index in [0.717, 1.165) is 43.4 Å². The van der Waals surface area contributed by atoms with Gasteiger partial charge >= 0.3 is 0 Å². The van der Waals surface area contributed by atoms with Crippen molar-refractivity contribution in [1.82, 2.24) is 4.90 Å². The minimum atomic E-state index is -3.16. The molecular formula is C25H37NO2S. The Morgan fingerprint density at radius 2 is 1.38 bits per heavy atom. The summed E-state index contributed by atoms with van der Waals surface area (Å²) in [4.78, 5) is 2.97. The second-order valence-corrected chi connectivity index (χ2v) is 9.66. The largest absolute Gasteiger partial charge is 0.303 e. The van der Waals surface area contributed by atoms with E-state index in [4.69, 9.17) is 0 Å². The van der Waals surface area contributed by atoms with E-state index in [1.807, 2.05) is 26.0 Å². The van der Waals surface area contributed by atoms with Gasteiger partial charge in [-0.3, -0.25) is 0 Å². The Morgan fingerprint density at radius 3 is 1.93 bits per heavy atom. The Kier molecular flexibility index (Phi) is 9.89. The first kappa shape index (κ1) is 23.6. The molecule has 0 spiro atoms. The summed E-state index contributed by atoms with van der Waals surface area (Å²) in [5.74, 6) is 0.242. The average molecular weight is 416 g/mol. The van der Waals surface area contributed by atoms with Gasteiger partial charge in [0.25, 0.3) is 0 Å². The molecule has 0 saturated carbocycles. The molecule has 0 atom stereocenters. The molecule has 3 rings (SSSR count). The number of benzene rings is 2. The van der Waals surface area contributed by atoms with Gasteiger partial charge in [0, 0.05) is 6.54 Å². The maximum Gasteiger partial charge on any atom is 0.178 e. The van der Waals surface area contributed by atoms with Crippen LogP contribution < -0.4 is 0 Å². The highest BCUT2D eigenvalue weighted by Gasteiger charge is 2.14. The Morgan fingerprint density at radius 1 is 0.828 bits per heavy atom. The molecular weight excluding hydrogens is 378 g/mol. The molecule has 1 heterocycles. The van der Waals surface area contributed by atoms with E-state index in [1.54, 1.807) is 12.1 Å². The van der Waals surface area contributed by atoms with E-state index in [2.05, 4.69) is 36.1 Å². The number of sulfone groups is 1. The van der Waals surface area contributed by atoms with Crippen molar-refractivity contribution >= 4 is 9.84 Å². The summed E-state index contributed by atoms with van der Waals surface area (Å²) >= 11 is 0. The first-order chi connectivity index (χ1) is 14.1. The Labute approximate surface area is 178 Å². The zero-order valence-corrected chi connectivity index (χ0v) is 19.2. The van der Waals surface area contributed by atoms with Crippen LogP contribution in [0.4, 0.5) is 0 Å². The molecule has 1 saturated heterocycles. The van der Waals surface area contributed by atoms with Crippen molar-refractivity contribution in [1.29, 1.82) is 0 Å². The highest BCUT2D eigenvalue weighted by atomic mass is 32.2. The van der Waals surface area contributed by atoms with Gasteiger partial charge in [-0.05, 0) is 67.6 Å². The lowest BCUT2D eigenvalue weighted by molar-refractivity contribution is 0.343. The first-order valence-corrected chi connectivity index (χ1v) is 12.9. The third-order valence-electron chi connectivity index (χ3n) is 5.43. The summed E-state index contributed by atoms with van der Waals surface area (Å²) in [5, 5.41) is 0. The van der Waals surface area contributed by atoms with Crippen molar-refractivity contribution in [2.24, 2.45) is 0 Å². The standard InChI is InChI=1S/C23H31NO2S.C2H6/c1-2-3-6-19-27(25,26)23-13-11-22(12-14-23)21-9-7-20(8-10-21)15-18-24-16-4-5-17-24;1-2/h7-14H,2-6,15-19H2,1H3;1-2H3. The van der Waals surface area contributed by atoms with Crippen LogP contribution in [-0.2, 0) is 16.3 Å². The molecule has 3 nitrogen and oxygen atoms in total. The number of likely N-dealkylation sites (tertiary alicyclic amines) is 1. The molecule has 0 unspecified atom stereocenters. The minimum absolute atomic E-state index is 0.242. The van der Waals surface area contributed by atoms with Gasteiger partial charge in [0.05, 0.1) is 10.6 Å². The third kappa shape index (κ3) is 7.27. The molecule has 0 bridgehead atoms. The van der Waals surface area contributed by atoms with E-state index in [0.29, 0.717) is 4.90 Å². The molecule has 2 aromatic rings. The predicted octanol–water partition coefficient (Wildman–Crippen LogP) is 5.98. The summed E-state index contributed by atoms with van der Waals surface area (Å²) in [6, 6.07) is 16.0. The Bertz CT molecular complexity index is 805. The fourth-order valence-electron chi connectivity index (χ4n) is 3.67. The monoisotopic (exact) mass is 415 g/mol. The van der Waals surface area contributed by atoms with E-state index in [9.17, 15) is 8.42 Å². The molecule has 160 valence electrons. The highest BCUT2D eigenvalue weighted by Crippen LogP contribution is 2.23. The maximum atomic E-state index is 12.4. The van der Waals surface area contributed by atoms with Crippen LogP contribution in [-0.4, -0.2) is 38.7 Å². The van der Waals surface area contributed by atoms with Gasteiger partial charge < -0.3 is 4.90 Å². The molecule has 1 aliphatic rings. The number of rotatable bonds is 9. The molecule has 0 N–H and O–H groups in total. The van der Waals surface area contributed by atoms with Gasteiger partial charge in [0.1, 0.15) is 0 Å². The second-order valence-electron chi connectivity index (χ2n) is 7.55. The van der Waals surface area contributed by atoms with Gasteiger partial charge in [-0.25, -0.2) is 8.42 Å². The summed E-state index contributed by atoms with van der Waals surface area (Å²) in [6.45, 7) is 9.71. The summed E-state index contributed by atoms with van der Waals surface area (Å²) < 4.78 is 24.8. The first-order valence-electron chi connectivity index (χ1n) is 11.2. The van der Waals surface area contributed by atoms with Crippen LogP contribution in [0.3, 0.4) is 0 Å². The fraction of sp³-hybridized carbons (Fsp3) is 0.520. The molecule has 29 heavy (non-hydrogen) atoms. The topological polar surface area (TPSA) is 37.4 Å². The predicted molar refractivity (Wildman–Crippen MR) is 124 cm³/mol. The van der Waals surface area contributed by atoms with Gasteiger partial charge in [-0.1, -0.05) is 70.0 Å². The lowest BCUT2D eigenvalue weighted by Crippen LogP contribution is -2.21. The number of unbranched alkanes of at least 4 members (excludes halogenated alkanes) is 2. The second kappa shape index (κ2) is 12.1. The highest BCUT2D eigenvalue weighted by molar-refractivity contribution is 7.91. The zero-order chi connectivity index (χ0) is 21.1. The van der Waals surface area contributed by atoms with E-state index >= 15 is 0 Å². The van der Waals surface area contributed by atoms with Crippen LogP contribution in [0.15, 0.2) is 53.4 Å². The van der Waals surface area contributed by atoms with Crippen LogP contribution in [0.2, 0.25) is 0 Å². The molecule has 1 aliphatic heterocycles. The van der Waals surface area contributed by atoms with Crippen LogP contribution in [0.5, 0.6) is 0 Å². The summed E-state index contributed by atoms with van der Waals surface area (Å²) in [5.41, 5.74) is 3.56. The summed E-state index contributed by atoms with van der Waals surface area (Å²) in [6.07, 6.45) is 6.49. The van der Waals surface area contributed by atoms with Crippen LogP contribution in [0, 0.1) is 0 Å². The van der Waals surface area contributed by atoms with Gasteiger partial charge in [-0.2, -0.15) is 0 Å². The molecule has 0 amide bonds. The number of nitrogens with zero attached hydrogens (tertiary/aromatic N) is 1. The van der Waals surface area contributed by atoms with Crippen molar-refractivity contribution in [2.45, 2.75) is 64.2 Å². The van der Waals surface area contributed by atoms with E-state index < -0.39 is 9.84 Å². The van der Waals surface area contributed by atoms with Crippen LogP contribution in [0.1, 0.15) is 58.4 Å². The van der Waals surface area contributed by atoms with Crippen molar-refractivity contribution in [3.8, 4) is 11.1 Å². The lowest BCUT2D eigenvalue weighted by atomic mass is 10.0. The molecule has 4 heteroatoms. The van der Waals surface area contributed by atoms with Crippen molar-refractivity contribution in [3.63, 3.8) is 0 Å². The quantitative estimate of drug-likeness (QED) is 0.473. The molecule has 0 radical (unpaired) electrons. The Hall–Kier alpha value is -1.65. The van der Waals surface area contributed by atoms with Crippen molar-refractivity contribution < 1.29 is 8.42 Å². The minimum Gasteiger partial charge on any atom is -0.303 e. The van der Waals surface area contributed by atoms with Gasteiger partial charge in [-0.15, -0.1) is 0 Å².